The van der Waals surface area contributed by atoms with E-state index in [4.69, 9.17) is 10.2 Å². The maximum absolute atomic E-state index is 9.81. The molecule has 4 nitrogen and oxygen atoms in total. The van der Waals surface area contributed by atoms with Gasteiger partial charge in [0.25, 0.3) is 0 Å². The third-order valence-electron chi connectivity index (χ3n) is 1.33. The molecule has 84 valence electrons. The third-order valence-corrected chi connectivity index (χ3v) is 1.33. The van der Waals surface area contributed by atoms with Crippen LogP contribution in [0.25, 0.3) is 0 Å². The Morgan fingerprint density at radius 2 is 1.64 bits per heavy atom. The summed E-state index contributed by atoms with van der Waals surface area (Å²) in [5.74, 6) is -1.13. The van der Waals surface area contributed by atoms with Gasteiger partial charge in [-0.05, 0) is 12.3 Å². The Bertz CT molecular complexity index is 164. The van der Waals surface area contributed by atoms with Gasteiger partial charge in [-0.3, -0.25) is 9.59 Å². The van der Waals surface area contributed by atoms with Crippen LogP contribution in [-0.4, -0.2) is 22.2 Å². The molecule has 4 heteroatoms. The number of rotatable bonds is 5. The van der Waals surface area contributed by atoms with Crippen LogP contribution >= 0.6 is 0 Å². The van der Waals surface area contributed by atoms with Crippen molar-refractivity contribution in [2.45, 2.75) is 46.5 Å². The molecular formula is C10H20O4. The van der Waals surface area contributed by atoms with Crippen LogP contribution in [0.15, 0.2) is 0 Å². The van der Waals surface area contributed by atoms with E-state index in [0.29, 0.717) is 6.42 Å². The lowest BCUT2D eigenvalue weighted by molar-refractivity contribution is -0.138. The first-order valence-electron chi connectivity index (χ1n) is 4.83. The van der Waals surface area contributed by atoms with E-state index >= 15 is 0 Å². The summed E-state index contributed by atoms with van der Waals surface area (Å²) >= 11 is 0. The van der Waals surface area contributed by atoms with Crippen molar-refractivity contribution in [1.82, 2.24) is 0 Å². The molecule has 0 spiro atoms. The molecule has 0 aromatic rings. The van der Waals surface area contributed by atoms with Crippen LogP contribution < -0.4 is 0 Å². The fourth-order valence-electron chi connectivity index (χ4n) is 0.677. The van der Waals surface area contributed by atoms with Crippen molar-refractivity contribution in [3.05, 3.63) is 0 Å². The van der Waals surface area contributed by atoms with E-state index in [-0.39, 0.29) is 12.3 Å². The van der Waals surface area contributed by atoms with Gasteiger partial charge < -0.3 is 10.2 Å². The second-order valence-electron chi connectivity index (χ2n) is 3.49. The Morgan fingerprint density at radius 1 is 1.14 bits per heavy atom. The maximum Gasteiger partial charge on any atom is 0.303 e. The van der Waals surface area contributed by atoms with Crippen LogP contribution in [0.5, 0.6) is 0 Å². The summed E-state index contributed by atoms with van der Waals surface area (Å²) in [6, 6.07) is 0. The monoisotopic (exact) mass is 204 g/mol. The summed E-state index contributed by atoms with van der Waals surface area (Å²) in [5, 5.41) is 16.1. The number of hydrogen-bond donors (Lipinski definition) is 2. The van der Waals surface area contributed by atoms with Crippen molar-refractivity contribution < 1.29 is 19.8 Å². The normalized spacial score (nSPS) is 9.14. The maximum atomic E-state index is 9.81. The van der Waals surface area contributed by atoms with Crippen LogP contribution in [0.1, 0.15) is 46.5 Å². The predicted molar refractivity (Wildman–Crippen MR) is 54.3 cm³/mol. The average Bonchev–Trinajstić information content (AvgIpc) is 1.99. The Balaban J connectivity index is 0. The number of aliphatic carboxylic acids is 2. The zero-order chi connectivity index (χ0) is 11.6. The van der Waals surface area contributed by atoms with Gasteiger partial charge >= 0.3 is 11.9 Å². The molecular weight excluding hydrogens is 184 g/mol. The van der Waals surface area contributed by atoms with Gasteiger partial charge in [0.2, 0.25) is 0 Å². The Hall–Kier alpha value is -1.06. The van der Waals surface area contributed by atoms with Gasteiger partial charge in [0.05, 0.1) is 0 Å². The SMILES string of the molecule is CC(C)CC(=O)O.CCCCC(=O)O. The van der Waals surface area contributed by atoms with Gasteiger partial charge in [0, 0.05) is 12.8 Å². The van der Waals surface area contributed by atoms with Crippen LogP contribution in [0.2, 0.25) is 0 Å². The molecule has 0 aliphatic rings. The van der Waals surface area contributed by atoms with Crippen molar-refractivity contribution in [2.24, 2.45) is 5.92 Å². The molecule has 14 heavy (non-hydrogen) atoms. The van der Waals surface area contributed by atoms with Crippen molar-refractivity contribution in [2.75, 3.05) is 0 Å². The van der Waals surface area contributed by atoms with Crippen molar-refractivity contribution in [3.8, 4) is 0 Å². The second-order valence-corrected chi connectivity index (χ2v) is 3.49. The molecule has 0 aromatic heterocycles. The molecule has 2 N–H and O–H groups in total. The highest BCUT2D eigenvalue weighted by atomic mass is 16.4. The fourth-order valence-corrected chi connectivity index (χ4v) is 0.677. The first-order valence-corrected chi connectivity index (χ1v) is 4.83. The lowest BCUT2D eigenvalue weighted by Gasteiger charge is -1.94. The van der Waals surface area contributed by atoms with Crippen LogP contribution in [0.4, 0.5) is 0 Å². The van der Waals surface area contributed by atoms with Gasteiger partial charge in [-0.15, -0.1) is 0 Å². The van der Waals surface area contributed by atoms with E-state index < -0.39 is 11.9 Å². The molecule has 0 rings (SSSR count). The number of carboxylic acids is 2. The first kappa shape index (κ1) is 15.4. The lowest BCUT2D eigenvalue weighted by Crippen LogP contribution is -1.99. The molecule has 0 aromatic carbocycles. The second kappa shape index (κ2) is 10.0. The van der Waals surface area contributed by atoms with Gasteiger partial charge in [0.1, 0.15) is 0 Å². The molecule has 0 unspecified atom stereocenters. The van der Waals surface area contributed by atoms with Gasteiger partial charge in [-0.2, -0.15) is 0 Å². The van der Waals surface area contributed by atoms with E-state index in [1.807, 2.05) is 20.8 Å². The highest BCUT2D eigenvalue weighted by Gasteiger charge is 1.98. The minimum Gasteiger partial charge on any atom is -0.481 e. The van der Waals surface area contributed by atoms with E-state index in [9.17, 15) is 9.59 Å². The van der Waals surface area contributed by atoms with Gasteiger partial charge in [0.15, 0.2) is 0 Å². The van der Waals surface area contributed by atoms with Crippen LogP contribution in [0.3, 0.4) is 0 Å². The number of unbranched alkanes of at least 4 members (excludes halogenated alkanes) is 1. The summed E-state index contributed by atoms with van der Waals surface area (Å²) in [6.45, 7) is 5.74. The largest absolute Gasteiger partial charge is 0.481 e. The molecule has 0 amide bonds. The molecule has 0 saturated carbocycles. The number of carbonyl (C=O) groups is 2. The molecule has 0 atom stereocenters. The summed E-state index contributed by atoms with van der Waals surface area (Å²) in [7, 11) is 0. The van der Waals surface area contributed by atoms with Crippen molar-refractivity contribution in [1.29, 1.82) is 0 Å². The minimum atomic E-state index is -0.713. The summed E-state index contributed by atoms with van der Waals surface area (Å²) < 4.78 is 0. The van der Waals surface area contributed by atoms with Crippen LogP contribution in [-0.2, 0) is 9.59 Å². The molecule has 0 saturated heterocycles. The standard InChI is InChI=1S/2C5H10O2/c1-4(2)3-5(6)7;1-2-3-4-5(6)7/h4H,3H2,1-2H3,(H,6,7);2-4H2,1H3,(H,6,7). The van der Waals surface area contributed by atoms with E-state index in [2.05, 4.69) is 0 Å². The Kier molecular flexibility index (Phi) is 11.0. The number of carboxylic acid groups (broad SMARTS) is 2. The fraction of sp³-hybridized carbons (Fsp3) is 0.800. The third kappa shape index (κ3) is 22.4. The van der Waals surface area contributed by atoms with Crippen LogP contribution in [0, 0.1) is 5.92 Å². The topological polar surface area (TPSA) is 74.6 Å². The zero-order valence-electron chi connectivity index (χ0n) is 9.12. The Labute approximate surface area is 84.9 Å². The summed E-state index contributed by atoms with van der Waals surface area (Å²) in [6.07, 6.45) is 2.36. The highest BCUT2D eigenvalue weighted by Crippen LogP contribution is 1.96. The van der Waals surface area contributed by atoms with Crippen molar-refractivity contribution >= 4 is 11.9 Å². The quantitative estimate of drug-likeness (QED) is 0.721. The van der Waals surface area contributed by atoms with Gasteiger partial charge in [-0.1, -0.05) is 27.2 Å². The van der Waals surface area contributed by atoms with E-state index in [1.54, 1.807) is 0 Å². The van der Waals surface area contributed by atoms with E-state index in [1.165, 1.54) is 0 Å². The Morgan fingerprint density at radius 3 is 1.71 bits per heavy atom. The molecule has 0 aliphatic carbocycles. The predicted octanol–water partition coefficient (Wildman–Crippen LogP) is 2.38. The summed E-state index contributed by atoms with van der Waals surface area (Å²) in [5.41, 5.74) is 0. The molecule has 0 heterocycles. The van der Waals surface area contributed by atoms with Gasteiger partial charge in [-0.25, -0.2) is 0 Å². The first-order chi connectivity index (χ1) is 6.40. The lowest BCUT2D eigenvalue weighted by atomic mass is 10.1. The summed E-state index contributed by atoms with van der Waals surface area (Å²) in [4.78, 5) is 19.6. The average molecular weight is 204 g/mol. The highest BCUT2D eigenvalue weighted by molar-refractivity contribution is 5.67. The molecule has 0 radical (unpaired) electrons. The smallest absolute Gasteiger partial charge is 0.303 e. The zero-order valence-corrected chi connectivity index (χ0v) is 9.12. The van der Waals surface area contributed by atoms with E-state index in [0.717, 1.165) is 12.8 Å². The van der Waals surface area contributed by atoms with Crippen molar-refractivity contribution in [3.63, 3.8) is 0 Å². The minimum absolute atomic E-state index is 0.275. The molecule has 0 aliphatic heterocycles. The number of hydrogen-bond acceptors (Lipinski definition) is 2. The molecule has 0 bridgehead atoms. The molecule has 0 fully saturated rings.